The molecule has 1 heterocycles. The highest BCUT2D eigenvalue weighted by molar-refractivity contribution is 5.98. The first-order valence-corrected chi connectivity index (χ1v) is 6.48. The van der Waals surface area contributed by atoms with E-state index in [2.05, 4.69) is 0 Å². The molecule has 0 aliphatic heterocycles. The Hall–Kier alpha value is -2.56. The zero-order valence-electron chi connectivity index (χ0n) is 12.3. The largest absolute Gasteiger partial charge is 0.497 e. The molecule has 0 amide bonds. The van der Waals surface area contributed by atoms with E-state index in [1.807, 2.05) is 0 Å². The van der Waals surface area contributed by atoms with Crippen LogP contribution in [0.15, 0.2) is 41.3 Å². The van der Waals surface area contributed by atoms with E-state index in [0.717, 1.165) is 0 Å². The normalized spacial score (nSPS) is 10.2. The van der Waals surface area contributed by atoms with Crippen molar-refractivity contribution in [2.75, 3.05) is 14.2 Å². The number of hydrogen-bond acceptors (Lipinski definition) is 4. The van der Waals surface area contributed by atoms with Gasteiger partial charge in [0.05, 0.1) is 26.3 Å². The molecule has 0 aliphatic carbocycles. The number of aryl methyl sites for hydroxylation is 1. The molecule has 1 aromatic carbocycles. The van der Waals surface area contributed by atoms with Crippen LogP contribution >= 0.6 is 0 Å². The molecule has 1 aromatic heterocycles. The molecule has 0 N–H and O–H groups in total. The lowest BCUT2D eigenvalue weighted by Crippen LogP contribution is -2.25. The Balaban J connectivity index is 2.36. The van der Waals surface area contributed by atoms with Crippen LogP contribution in [-0.2, 0) is 6.54 Å². The number of carbonyl (C=O) groups excluding carboxylic acids is 1. The second-order valence-electron chi connectivity index (χ2n) is 4.61. The van der Waals surface area contributed by atoms with E-state index in [0.29, 0.717) is 22.6 Å². The van der Waals surface area contributed by atoms with Crippen LogP contribution in [0, 0.1) is 6.92 Å². The van der Waals surface area contributed by atoms with Crippen LogP contribution in [-0.4, -0.2) is 24.6 Å². The van der Waals surface area contributed by atoms with Crippen LogP contribution in [0.4, 0.5) is 0 Å². The first-order valence-electron chi connectivity index (χ1n) is 6.48. The van der Waals surface area contributed by atoms with E-state index < -0.39 is 0 Å². The highest BCUT2D eigenvalue weighted by atomic mass is 16.5. The molecule has 0 unspecified atom stereocenters. The third kappa shape index (κ3) is 3.13. The SMILES string of the molecule is COc1ccc(OC)c(C(=O)Cn2cccc(C)c2=O)c1. The Labute approximate surface area is 122 Å². The highest BCUT2D eigenvalue weighted by Crippen LogP contribution is 2.24. The van der Waals surface area contributed by atoms with Crippen molar-refractivity contribution in [3.8, 4) is 11.5 Å². The Morgan fingerprint density at radius 2 is 1.95 bits per heavy atom. The van der Waals surface area contributed by atoms with Crippen molar-refractivity contribution in [1.82, 2.24) is 4.57 Å². The molecule has 0 aliphatic rings. The second kappa shape index (κ2) is 6.26. The Kier molecular flexibility index (Phi) is 4.42. The van der Waals surface area contributed by atoms with Gasteiger partial charge in [-0.15, -0.1) is 0 Å². The molecule has 5 nitrogen and oxygen atoms in total. The Morgan fingerprint density at radius 3 is 2.62 bits per heavy atom. The summed E-state index contributed by atoms with van der Waals surface area (Å²) in [6, 6.07) is 8.46. The maximum atomic E-state index is 12.4. The van der Waals surface area contributed by atoms with Gasteiger partial charge in [0.2, 0.25) is 0 Å². The molecule has 0 spiro atoms. The van der Waals surface area contributed by atoms with Crippen molar-refractivity contribution >= 4 is 5.78 Å². The zero-order valence-corrected chi connectivity index (χ0v) is 12.3. The van der Waals surface area contributed by atoms with E-state index in [-0.39, 0.29) is 17.9 Å². The number of nitrogens with zero attached hydrogens (tertiary/aromatic N) is 1. The molecule has 0 atom stereocenters. The van der Waals surface area contributed by atoms with Crippen molar-refractivity contribution in [3.05, 3.63) is 58.0 Å². The van der Waals surface area contributed by atoms with Gasteiger partial charge in [0.15, 0.2) is 5.78 Å². The van der Waals surface area contributed by atoms with Crippen LogP contribution in [0.5, 0.6) is 11.5 Å². The van der Waals surface area contributed by atoms with Crippen molar-refractivity contribution in [1.29, 1.82) is 0 Å². The van der Waals surface area contributed by atoms with Crippen molar-refractivity contribution in [2.45, 2.75) is 13.5 Å². The molecular weight excluding hydrogens is 270 g/mol. The number of Topliss-reactive ketones (excluding diaryl/α,β-unsaturated/α-hetero) is 1. The van der Waals surface area contributed by atoms with Crippen LogP contribution in [0.2, 0.25) is 0 Å². The number of methoxy groups -OCH3 is 2. The molecule has 2 aromatic rings. The van der Waals surface area contributed by atoms with Gasteiger partial charge < -0.3 is 14.0 Å². The predicted molar refractivity (Wildman–Crippen MR) is 79.3 cm³/mol. The van der Waals surface area contributed by atoms with Crippen LogP contribution < -0.4 is 15.0 Å². The molecular formula is C16H17NO4. The van der Waals surface area contributed by atoms with E-state index >= 15 is 0 Å². The number of carbonyl (C=O) groups is 1. The Bertz CT molecular complexity index is 718. The summed E-state index contributed by atoms with van der Waals surface area (Å²) in [6.45, 7) is 1.68. The van der Waals surface area contributed by atoms with Gasteiger partial charge in [-0.05, 0) is 31.2 Å². The lowest BCUT2D eigenvalue weighted by Gasteiger charge is -2.11. The van der Waals surface area contributed by atoms with Crippen LogP contribution in [0.3, 0.4) is 0 Å². The fourth-order valence-electron chi connectivity index (χ4n) is 2.05. The average Bonchev–Trinajstić information content (AvgIpc) is 2.51. The summed E-state index contributed by atoms with van der Waals surface area (Å²) >= 11 is 0. The lowest BCUT2D eigenvalue weighted by molar-refractivity contribution is 0.0967. The monoisotopic (exact) mass is 287 g/mol. The highest BCUT2D eigenvalue weighted by Gasteiger charge is 2.15. The first-order chi connectivity index (χ1) is 10.1. The predicted octanol–water partition coefficient (Wildman–Crippen LogP) is 2.06. The number of hydrogen-bond donors (Lipinski definition) is 0. The third-order valence-electron chi connectivity index (χ3n) is 3.23. The summed E-state index contributed by atoms with van der Waals surface area (Å²) in [5.74, 6) is 0.815. The third-order valence-corrected chi connectivity index (χ3v) is 3.23. The number of benzene rings is 1. The fourth-order valence-corrected chi connectivity index (χ4v) is 2.05. The number of ketones is 1. The van der Waals surface area contributed by atoms with Gasteiger partial charge in [-0.2, -0.15) is 0 Å². The summed E-state index contributed by atoms with van der Waals surface area (Å²) in [4.78, 5) is 24.4. The molecule has 0 bridgehead atoms. The topological polar surface area (TPSA) is 57.5 Å². The van der Waals surface area contributed by atoms with Gasteiger partial charge in [-0.25, -0.2) is 0 Å². The van der Waals surface area contributed by atoms with Gasteiger partial charge in [-0.1, -0.05) is 6.07 Å². The summed E-state index contributed by atoms with van der Waals surface area (Å²) in [5, 5.41) is 0. The molecule has 5 heteroatoms. The first kappa shape index (κ1) is 14.8. The van der Waals surface area contributed by atoms with E-state index in [1.54, 1.807) is 43.5 Å². The van der Waals surface area contributed by atoms with Gasteiger partial charge in [0.25, 0.3) is 5.56 Å². The number of aromatic nitrogens is 1. The molecule has 0 saturated heterocycles. The van der Waals surface area contributed by atoms with Crippen LogP contribution in [0.25, 0.3) is 0 Å². The van der Waals surface area contributed by atoms with E-state index in [9.17, 15) is 9.59 Å². The molecule has 0 saturated carbocycles. The summed E-state index contributed by atoms with van der Waals surface area (Å²) in [5.41, 5.74) is 0.820. The number of pyridine rings is 1. The second-order valence-corrected chi connectivity index (χ2v) is 4.61. The van der Waals surface area contributed by atoms with Gasteiger partial charge in [0, 0.05) is 11.8 Å². The van der Waals surface area contributed by atoms with Crippen molar-refractivity contribution in [3.63, 3.8) is 0 Å². The molecule has 0 fully saturated rings. The minimum atomic E-state index is -0.210. The summed E-state index contributed by atoms with van der Waals surface area (Å²) in [6.07, 6.45) is 1.60. The summed E-state index contributed by atoms with van der Waals surface area (Å²) < 4.78 is 11.7. The Morgan fingerprint density at radius 1 is 1.19 bits per heavy atom. The summed E-state index contributed by atoms with van der Waals surface area (Å²) in [7, 11) is 3.03. The molecule has 0 radical (unpaired) electrons. The standard InChI is InChI=1S/C16H17NO4/c1-11-5-4-8-17(16(11)19)10-14(18)13-9-12(20-2)6-7-15(13)21-3/h4-9H,10H2,1-3H3. The van der Waals surface area contributed by atoms with Gasteiger partial charge >= 0.3 is 0 Å². The van der Waals surface area contributed by atoms with Gasteiger partial charge in [-0.3, -0.25) is 9.59 Å². The maximum Gasteiger partial charge on any atom is 0.253 e. The van der Waals surface area contributed by atoms with E-state index in [1.165, 1.54) is 18.8 Å². The smallest absolute Gasteiger partial charge is 0.253 e. The fraction of sp³-hybridized carbons (Fsp3) is 0.250. The molecule has 21 heavy (non-hydrogen) atoms. The van der Waals surface area contributed by atoms with Crippen molar-refractivity contribution < 1.29 is 14.3 Å². The minimum Gasteiger partial charge on any atom is -0.497 e. The number of ether oxygens (including phenoxy) is 2. The molecule has 2 rings (SSSR count). The van der Waals surface area contributed by atoms with Gasteiger partial charge in [0.1, 0.15) is 11.5 Å². The quantitative estimate of drug-likeness (QED) is 0.790. The molecule has 110 valence electrons. The van der Waals surface area contributed by atoms with E-state index in [4.69, 9.17) is 9.47 Å². The lowest BCUT2D eigenvalue weighted by atomic mass is 10.1. The minimum absolute atomic E-state index is 0.0377. The number of rotatable bonds is 5. The maximum absolute atomic E-state index is 12.4. The zero-order chi connectivity index (χ0) is 15.4. The van der Waals surface area contributed by atoms with Crippen molar-refractivity contribution in [2.24, 2.45) is 0 Å². The van der Waals surface area contributed by atoms with Crippen LogP contribution in [0.1, 0.15) is 15.9 Å². The average molecular weight is 287 g/mol.